The normalized spacial score (nSPS) is 10.6. The van der Waals surface area contributed by atoms with Gasteiger partial charge in [0.05, 0.1) is 5.56 Å². The van der Waals surface area contributed by atoms with Crippen LogP contribution < -0.4 is 4.74 Å². The highest BCUT2D eigenvalue weighted by molar-refractivity contribution is 6.01. The van der Waals surface area contributed by atoms with E-state index < -0.39 is 17.9 Å². The SMILES string of the molecule is CCCCCCCCC(=O)Oc1ccc(C(=O)CCCCCCC)cc1C(=O)OOC(=O)c1ccccc1. The molecule has 0 aliphatic carbocycles. The van der Waals surface area contributed by atoms with Crippen molar-refractivity contribution in [3.05, 3.63) is 65.2 Å². The third-order valence-corrected chi connectivity index (χ3v) is 6.19. The van der Waals surface area contributed by atoms with E-state index in [2.05, 4.69) is 13.8 Å². The molecule has 0 fully saturated rings. The summed E-state index contributed by atoms with van der Waals surface area (Å²) in [6.45, 7) is 4.28. The van der Waals surface area contributed by atoms with Crippen LogP contribution in [0.5, 0.6) is 5.75 Å². The highest BCUT2D eigenvalue weighted by Gasteiger charge is 2.22. The van der Waals surface area contributed by atoms with E-state index in [1.54, 1.807) is 18.2 Å². The standard InChI is InChI=1S/C31H40O7/c1-3-5-7-9-11-16-20-29(33)36-28-22-21-25(27(32)19-15-10-8-6-4-2)23-26(28)31(35)38-37-30(34)24-17-13-12-14-18-24/h12-14,17-18,21-23H,3-11,15-16,19-20H2,1-2H3. The molecule has 0 radical (unpaired) electrons. The van der Waals surface area contributed by atoms with Crippen LogP contribution in [-0.4, -0.2) is 23.7 Å². The quantitative estimate of drug-likeness (QED) is 0.0520. The smallest absolute Gasteiger partial charge is 0.390 e. The van der Waals surface area contributed by atoms with Crippen LogP contribution in [-0.2, 0) is 14.6 Å². The van der Waals surface area contributed by atoms with Gasteiger partial charge in [0, 0.05) is 18.4 Å². The number of carbonyl (C=O) groups is 4. The molecule has 2 rings (SSSR count). The lowest BCUT2D eigenvalue weighted by Crippen LogP contribution is -2.16. The van der Waals surface area contributed by atoms with E-state index in [0.717, 1.165) is 57.8 Å². The molecule has 0 atom stereocenters. The third kappa shape index (κ3) is 11.3. The Labute approximate surface area is 225 Å². The Morgan fingerprint density at radius 1 is 0.605 bits per heavy atom. The fourth-order valence-electron chi connectivity index (χ4n) is 3.95. The average molecular weight is 525 g/mol. The Morgan fingerprint density at radius 2 is 1.18 bits per heavy atom. The largest absolute Gasteiger partial charge is 0.426 e. The van der Waals surface area contributed by atoms with E-state index >= 15 is 0 Å². The summed E-state index contributed by atoms with van der Waals surface area (Å²) in [5.41, 5.74) is 0.356. The monoisotopic (exact) mass is 524 g/mol. The van der Waals surface area contributed by atoms with Gasteiger partial charge in [-0.05, 0) is 43.2 Å². The topological polar surface area (TPSA) is 96.0 Å². The van der Waals surface area contributed by atoms with Gasteiger partial charge in [-0.15, -0.1) is 0 Å². The van der Waals surface area contributed by atoms with Crippen LogP contribution in [0.2, 0.25) is 0 Å². The number of carbonyl (C=O) groups excluding carboxylic acids is 4. The minimum absolute atomic E-state index is 0.0405. The second-order valence-electron chi connectivity index (χ2n) is 9.40. The molecular formula is C31H40O7. The molecule has 0 aromatic heterocycles. The predicted octanol–water partition coefficient (Wildman–Crippen LogP) is 7.81. The summed E-state index contributed by atoms with van der Waals surface area (Å²) >= 11 is 0. The summed E-state index contributed by atoms with van der Waals surface area (Å²) in [4.78, 5) is 59.7. The van der Waals surface area contributed by atoms with Gasteiger partial charge in [-0.25, -0.2) is 19.4 Å². The maximum Gasteiger partial charge on any atom is 0.390 e. The molecule has 0 aliphatic heterocycles. The Bertz CT molecular complexity index is 1030. The van der Waals surface area contributed by atoms with Crippen molar-refractivity contribution in [3.8, 4) is 5.75 Å². The molecule has 0 N–H and O–H groups in total. The molecular weight excluding hydrogens is 484 g/mol. The van der Waals surface area contributed by atoms with E-state index in [0.29, 0.717) is 18.4 Å². The zero-order chi connectivity index (χ0) is 27.6. The minimum Gasteiger partial charge on any atom is -0.426 e. The number of ether oxygens (including phenoxy) is 1. The molecule has 0 amide bonds. The molecule has 0 heterocycles. The summed E-state index contributed by atoms with van der Waals surface area (Å²) in [7, 11) is 0. The van der Waals surface area contributed by atoms with Gasteiger partial charge in [-0.3, -0.25) is 9.59 Å². The first-order valence-electron chi connectivity index (χ1n) is 13.8. The highest BCUT2D eigenvalue weighted by Crippen LogP contribution is 2.24. The van der Waals surface area contributed by atoms with Crippen molar-refractivity contribution in [2.24, 2.45) is 0 Å². The summed E-state index contributed by atoms with van der Waals surface area (Å²) in [5, 5.41) is 0. The first-order chi connectivity index (χ1) is 18.5. The Balaban J connectivity index is 2.07. The first-order valence-corrected chi connectivity index (χ1v) is 13.8. The lowest BCUT2D eigenvalue weighted by molar-refractivity contribution is -0.187. The first kappa shape index (κ1) is 30.7. The Morgan fingerprint density at radius 3 is 1.84 bits per heavy atom. The van der Waals surface area contributed by atoms with E-state index in [9.17, 15) is 19.2 Å². The molecule has 7 nitrogen and oxygen atoms in total. The molecule has 0 spiro atoms. The molecule has 7 heteroatoms. The number of ketones is 1. The zero-order valence-corrected chi connectivity index (χ0v) is 22.7. The number of hydrogen-bond acceptors (Lipinski definition) is 7. The second-order valence-corrected chi connectivity index (χ2v) is 9.40. The van der Waals surface area contributed by atoms with Gasteiger partial charge in [0.2, 0.25) is 0 Å². The lowest BCUT2D eigenvalue weighted by atomic mass is 10.0. The number of esters is 1. The summed E-state index contributed by atoms with van der Waals surface area (Å²) < 4.78 is 5.45. The second kappa shape index (κ2) is 17.9. The summed E-state index contributed by atoms with van der Waals surface area (Å²) in [6.07, 6.45) is 11.7. The molecule has 0 saturated heterocycles. The van der Waals surface area contributed by atoms with Crippen LogP contribution in [0.1, 0.15) is 128 Å². The van der Waals surface area contributed by atoms with Crippen molar-refractivity contribution < 1.29 is 33.7 Å². The average Bonchev–Trinajstić information content (AvgIpc) is 2.93. The lowest BCUT2D eigenvalue weighted by Gasteiger charge is -2.11. The van der Waals surface area contributed by atoms with Crippen molar-refractivity contribution in [3.63, 3.8) is 0 Å². The number of rotatable bonds is 17. The van der Waals surface area contributed by atoms with Crippen LogP contribution in [0.25, 0.3) is 0 Å². The number of unbranched alkanes of at least 4 members (excludes halogenated alkanes) is 9. The van der Waals surface area contributed by atoms with Crippen molar-refractivity contribution in [2.75, 3.05) is 0 Å². The van der Waals surface area contributed by atoms with E-state index in [-0.39, 0.29) is 29.1 Å². The molecule has 2 aromatic rings. The van der Waals surface area contributed by atoms with Crippen molar-refractivity contribution in [1.82, 2.24) is 0 Å². The van der Waals surface area contributed by atoms with Crippen LogP contribution in [0.15, 0.2) is 48.5 Å². The molecule has 0 aliphatic rings. The molecule has 206 valence electrons. The van der Waals surface area contributed by atoms with Crippen LogP contribution in [0.3, 0.4) is 0 Å². The van der Waals surface area contributed by atoms with E-state index in [1.165, 1.54) is 36.8 Å². The van der Waals surface area contributed by atoms with Crippen molar-refractivity contribution >= 4 is 23.7 Å². The van der Waals surface area contributed by atoms with Gasteiger partial charge in [0.25, 0.3) is 0 Å². The van der Waals surface area contributed by atoms with Crippen LogP contribution >= 0.6 is 0 Å². The highest BCUT2D eigenvalue weighted by atomic mass is 17.2. The van der Waals surface area contributed by atoms with Crippen LogP contribution in [0.4, 0.5) is 0 Å². The van der Waals surface area contributed by atoms with E-state index in [4.69, 9.17) is 14.5 Å². The zero-order valence-electron chi connectivity index (χ0n) is 22.7. The number of Topliss-reactive ketones (excluding diaryl/α,β-unsaturated/α-hetero) is 1. The molecule has 0 saturated carbocycles. The van der Waals surface area contributed by atoms with Gasteiger partial charge < -0.3 is 4.74 Å². The van der Waals surface area contributed by atoms with Crippen molar-refractivity contribution in [1.29, 1.82) is 0 Å². The predicted molar refractivity (Wildman–Crippen MR) is 145 cm³/mol. The van der Waals surface area contributed by atoms with Gasteiger partial charge in [-0.1, -0.05) is 89.8 Å². The van der Waals surface area contributed by atoms with Gasteiger partial charge in [0.15, 0.2) is 5.78 Å². The van der Waals surface area contributed by atoms with E-state index in [1.807, 2.05) is 0 Å². The maximum absolute atomic E-state index is 12.8. The molecule has 0 bridgehead atoms. The molecule has 2 aromatic carbocycles. The molecule has 0 unspecified atom stereocenters. The Hall–Kier alpha value is -3.48. The van der Waals surface area contributed by atoms with Gasteiger partial charge in [0.1, 0.15) is 11.3 Å². The summed E-state index contributed by atoms with van der Waals surface area (Å²) in [6, 6.07) is 12.4. The van der Waals surface area contributed by atoms with Gasteiger partial charge in [-0.2, -0.15) is 0 Å². The third-order valence-electron chi connectivity index (χ3n) is 6.19. The fraction of sp³-hybridized carbons (Fsp3) is 0.484. The number of hydrogen-bond donors (Lipinski definition) is 0. The molecule has 38 heavy (non-hydrogen) atoms. The van der Waals surface area contributed by atoms with Gasteiger partial charge >= 0.3 is 17.9 Å². The van der Waals surface area contributed by atoms with Crippen LogP contribution in [0, 0.1) is 0 Å². The Kier molecular flexibility index (Phi) is 14.5. The maximum atomic E-state index is 12.8. The summed E-state index contributed by atoms with van der Waals surface area (Å²) in [5.74, 6) is -2.53. The number of benzene rings is 2. The fourth-order valence-corrected chi connectivity index (χ4v) is 3.95. The minimum atomic E-state index is -1.03. The van der Waals surface area contributed by atoms with Crippen molar-refractivity contribution in [2.45, 2.75) is 97.3 Å².